The van der Waals surface area contributed by atoms with Crippen molar-refractivity contribution in [3.05, 3.63) is 57.2 Å². The number of amidine groups is 1. The second kappa shape index (κ2) is 7.57. The fourth-order valence-electron chi connectivity index (χ4n) is 4.37. The molecule has 0 saturated heterocycles. The lowest BCUT2D eigenvalue weighted by atomic mass is 9.89. The van der Waals surface area contributed by atoms with Crippen molar-refractivity contribution in [2.75, 3.05) is 6.61 Å². The van der Waals surface area contributed by atoms with E-state index >= 15 is 0 Å². The second-order valence-electron chi connectivity index (χ2n) is 7.80. The highest BCUT2D eigenvalue weighted by molar-refractivity contribution is 6.45. The number of esters is 1. The summed E-state index contributed by atoms with van der Waals surface area (Å²) >= 11 is 12.8. The summed E-state index contributed by atoms with van der Waals surface area (Å²) in [5, 5.41) is 1.13. The van der Waals surface area contributed by atoms with Crippen molar-refractivity contribution in [1.29, 1.82) is 0 Å². The minimum absolute atomic E-state index is 0.0405. The monoisotopic (exact) mass is 418 g/mol. The molecule has 0 radical (unpaired) electrons. The van der Waals surface area contributed by atoms with Crippen LogP contribution < -0.4 is 0 Å². The van der Waals surface area contributed by atoms with E-state index in [1.165, 1.54) is 16.7 Å². The van der Waals surface area contributed by atoms with Crippen molar-refractivity contribution in [3.63, 3.8) is 0 Å². The Balaban J connectivity index is 1.68. The molecule has 4 atom stereocenters. The van der Waals surface area contributed by atoms with Crippen LogP contribution in [0.1, 0.15) is 42.5 Å². The molecule has 0 spiro atoms. The first-order valence-electron chi connectivity index (χ1n) is 9.73. The minimum atomic E-state index is -0.105. The molecule has 3 aliphatic rings. The first-order valence-corrected chi connectivity index (χ1v) is 10.5. The van der Waals surface area contributed by atoms with Gasteiger partial charge in [0.2, 0.25) is 0 Å². The zero-order valence-corrected chi connectivity index (χ0v) is 17.8. The Morgan fingerprint density at radius 2 is 2.07 bits per heavy atom. The highest BCUT2D eigenvalue weighted by Gasteiger charge is 2.51. The first-order chi connectivity index (χ1) is 13.4. The van der Waals surface area contributed by atoms with Gasteiger partial charge in [0, 0.05) is 6.20 Å². The third-order valence-electron chi connectivity index (χ3n) is 5.78. The maximum Gasteiger partial charge on any atom is 0.309 e. The third kappa shape index (κ3) is 3.60. The van der Waals surface area contributed by atoms with E-state index in [9.17, 15) is 4.79 Å². The average Bonchev–Trinajstić information content (AvgIpc) is 3.42. The molecule has 148 valence electrons. The number of hydrogen-bond acceptors (Lipinski definition) is 4. The van der Waals surface area contributed by atoms with Crippen LogP contribution in [-0.4, -0.2) is 29.4 Å². The van der Waals surface area contributed by atoms with Gasteiger partial charge in [-0.3, -0.25) is 9.79 Å². The molecule has 4 nitrogen and oxygen atoms in total. The molecule has 28 heavy (non-hydrogen) atoms. The number of aryl methyl sites for hydroxylation is 2. The van der Waals surface area contributed by atoms with Crippen LogP contribution in [-0.2, 0) is 9.53 Å². The van der Waals surface area contributed by atoms with Crippen molar-refractivity contribution < 1.29 is 9.53 Å². The summed E-state index contributed by atoms with van der Waals surface area (Å²) in [4.78, 5) is 19.2. The molecular formula is C22H24Cl2N2O2. The van der Waals surface area contributed by atoms with E-state index in [0.29, 0.717) is 16.7 Å². The van der Waals surface area contributed by atoms with Crippen LogP contribution in [0.5, 0.6) is 0 Å². The van der Waals surface area contributed by atoms with Gasteiger partial charge in [0.05, 0.1) is 34.7 Å². The van der Waals surface area contributed by atoms with Crippen LogP contribution >= 0.6 is 23.2 Å². The van der Waals surface area contributed by atoms with Crippen molar-refractivity contribution >= 4 is 35.0 Å². The maximum absolute atomic E-state index is 12.1. The van der Waals surface area contributed by atoms with Gasteiger partial charge in [-0.25, -0.2) is 0 Å². The van der Waals surface area contributed by atoms with Gasteiger partial charge in [0.1, 0.15) is 5.84 Å². The van der Waals surface area contributed by atoms with Crippen molar-refractivity contribution in [2.45, 2.75) is 45.7 Å². The molecule has 0 N–H and O–H groups in total. The molecule has 1 aliphatic carbocycles. The Kier molecular flexibility index (Phi) is 5.28. The van der Waals surface area contributed by atoms with E-state index in [-0.39, 0.29) is 29.9 Å². The molecule has 1 fully saturated rings. The van der Waals surface area contributed by atoms with Gasteiger partial charge in [-0.15, -0.1) is 0 Å². The lowest BCUT2D eigenvalue weighted by Crippen LogP contribution is -2.40. The molecule has 6 heteroatoms. The molecule has 1 aromatic carbocycles. The number of rotatable bonds is 4. The maximum atomic E-state index is 12.1. The van der Waals surface area contributed by atoms with Crippen LogP contribution in [0.25, 0.3) is 0 Å². The molecular weight excluding hydrogens is 395 g/mol. The molecule has 4 rings (SSSR count). The summed E-state index contributed by atoms with van der Waals surface area (Å²) in [6.45, 7) is 6.48. The van der Waals surface area contributed by atoms with Crippen LogP contribution in [0.2, 0.25) is 0 Å². The van der Waals surface area contributed by atoms with Gasteiger partial charge in [0.25, 0.3) is 0 Å². The third-order valence-corrected chi connectivity index (χ3v) is 6.27. The number of fused-ring (bicyclic) bond motifs is 1. The predicted octanol–water partition coefficient (Wildman–Crippen LogP) is 5.23. The molecule has 1 aromatic rings. The van der Waals surface area contributed by atoms with Crippen LogP contribution in [0.15, 0.2) is 45.5 Å². The number of benzene rings is 1. The number of hydrogen-bond donors (Lipinski definition) is 0. The van der Waals surface area contributed by atoms with E-state index < -0.39 is 0 Å². The van der Waals surface area contributed by atoms with Crippen LogP contribution in [0.3, 0.4) is 0 Å². The lowest BCUT2D eigenvalue weighted by molar-refractivity contribution is -0.145. The topological polar surface area (TPSA) is 41.9 Å². The largest absolute Gasteiger partial charge is 0.466 e. The Labute approximate surface area is 175 Å². The molecule has 2 heterocycles. The Bertz CT molecular complexity index is 906. The molecule has 1 saturated carbocycles. The second-order valence-corrected chi connectivity index (χ2v) is 8.65. The van der Waals surface area contributed by atoms with Crippen LogP contribution in [0.4, 0.5) is 0 Å². The van der Waals surface area contributed by atoms with Gasteiger partial charge in [-0.1, -0.05) is 47.0 Å². The predicted molar refractivity (Wildman–Crippen MR) is 112 cm³/mol. The number of aliphatic imine (C=N–C) groups is 1. The van der Waals surface area contributed by atoms with Crippen LogP contribution in [0, 0.1) is 25.7 Å². The van der Waals surface area contributed by atoms with E-state index in [2.05, 4.69) is 36.9 Å². The highest BCUT2D eigenvalue weighted by Crippen LogP contribution is 2.49. The van der Waals surface area contributed by atoms with Crippen molar-refractivity contribution in [1.82, 2.24) is 4.90 Å². The fourth-order valence-corrected chi connectivity index (χ4v) is 4.90. The number of halogens is 2. The number of ether oxygens (including phenoxy) is 1. The number of allylic oxidation sites excluding steroid dienone is 2. The molecule has 0 bridgehead atoms. The lowest BCUT2D eigenvalue weighted by Gasteiger charge is -2.40. The summed E-state index contributed by atoms with van der Waals surface area (Å²) in [7, 11) is 0. The summed E-state index contributed by atoms with van der Waals surface area (Å²) in [5.41, 5.74) is 3.71. The molecule has 0 amide bonds. The van der Waals surface area contributed by atoms with E-state index in [4.69, 9.17) is 32.9 Å². The Morgan fingerprint density at radius 3 is 2.79 bits per heavy atom. The number of carbonyl (C=O) groups excluding carboxylic acids is 1. The van der Waals surface area contributed by atoms with E-state index in [1.54, 1.807) is 6.08 Å². The summed E-state index contributed by atoms with van der Waals surface area (Å²) < 4.78 is 5.21. The van der Waals surface area contributed by atoms with Gasteiger partial charge in [0.15, 0.2) is 0 Å². The van der Waals surface area contributed by atoms with Gasteiger partial charge < -0.3 is 9.64 Å². The SMILES string of the molecule is CCOC(=O)C1CC1C1CC(c2ccc(C)cc2C)N2C=C(Cl)C=C(Cl)C2=N1. The van der Waals surface area contributed by atoms with E-state index in [1.807, 2.05) is 13.1 Å². The number of carbonyl (C=O) groups is 1. The fraction of sp³-hybridized carbons (Fsp3) is 0.455. The smallest absolute Gasteiger partial charge is 0.309 e. The zero-order chi connectivity index (χ0) is 20.0. The normalized spacial score (nSPS) is 28.8. The van der Waals surface area contributed by atoms with Crippen molar-refractivity contribution in [2.24, 2.45) is 16.8 Å². The molecule has 0 aromatic heterocycles. The molecule has 2 aliphatic heterocycles. The van der Waals surface area contributed by atoms with E-state index in [0.717, 1.165) is 18.7 Å². The summed E-state index contributed by atoms with van der Waals surface area (Å²) in [6.07, 6.45) is 5.29. The van der Waals surface area contributed by atoms with Gasteiger partial charge in [-0.05, 0) is 56.7 Å². The van der Waals surface area contributed by atoms with Gasteiger partial charge >= 0.3 is 5.97 Å². The Hall–Kier alpha value is -1.78. The quantitative estimate of drug-likeness (QED) is 0.628. The van der Waals surface area contributed by atoms with Crippen molar-refractivity contribution in [3.8, 4) is 0 Å². The van der Waals surface area contributed by atoms with Gasteiger partial charge in [-0.2, -0.15) is 0 Å². The number of nitrogens with zero attached hydrogens (tertiary/aromatic N) is 2. The summed E-state index contributed by atoms with van der Waals surface area (Å²) in [5.74, 6) is 0.798. The first kappa shape index (κ1) is 19.5. The zero-order valence-electron chi connectivity index (χ0n) is 16.3. The minimum Gasteiger partial charge on any atom is -0.466 e. The average molecular weight is 419 g/mol. The highest BCUT2D eigenvalue weighted by atomic mass is 35.5. The molecule has 4 unspecified atom stereocenters. The Morgan fingerprint density at radius 1 is 1.29 bits per heavy atom. The summed E-state index contributed by atoms with van der Waals surface area (Å²) in [6, 6.07) is 6.63. The standard InChI is InChI=1S/C22H24Cl2N2O2/c1-4-28-22(27)17-9-16(17)19-10-20(15-6-5-12(2)7-13(15)3)26-11-14(23)8-18(24)21(26)25-19/h5-8,11,16-17,19-20H,4,9-10H2,1-3H3.